The van der Waals surface area contributed by atoms with Gasteiger partial charge in [0, 0.05) is 19.2 Å². The van der Waals surface area contributed by atoms with Gasteiger partial charge in [-0.2, -0.15) is 5.26 Å². The van der Waals surface area contributed by atoms with Gasteiger partial charge in [-0.1, -0.05) is 12.1 Å². The van der Waals surface area contributed by atoms with Gasteiger partial charge in [0.1, 0.15) is 17.4 Å². The highest BCUT2D eigenvalue weighted by Crippen LogP contribution is 2.21. The van der Waals surface area contributed by atoms with Crippen molar-refractivity contribution in [3.8, 4) is 11.8 Å². The van der Waals surface area contributed by atoms with Crippen LogP contribution in [-0.2, 0) is 9.59 Å². The Morgan fingerprint density at radius 2 is 2.05 bits per heavy atom. The molecule has 0 unspecified atom stereocenters. The number of nitrogens with zero attached hydrogens (tertiary/aromatic N) is 1. The molecule has 0 saturated carbocycles. The number of nitriles is 1. The molecular weight excluding hydrogens is 274 g/mol. The maximum absolute atomic E-state index is 11.8. The first-order valence-electron chi connectivity index (χ1n) is 6.19. The highest BCUT2D eigenvalue weighted by atomic mass is 16.4. The normalized spacial score (nSPS) is 10.5. The lowest BCUT2D eigenvalue weighted by Gasteiger charge is -2.06. The van der Waals surface area contributed by atoms with E-state index in [0.29, 0.717) is 13.0 Å². The molecular formula is C14H15N3O4. The molecule has 4 N–H and O–H groups in total. The van der Waals surface area contributed by atoms with Crippen LogP contribution in [0.1, 0.15) is 12.8 Å². The first-order valence-corrected chi connectivity index (χ1v) is 6.19. The number of amides is 1. The largest absolute Gasteiger partial charge is 0.506 e. The van der Waals surface area contributed by atoms with Gasteiger partial charge in [0.2, 0.25) is 0 Å². The van der Waals surface area contributed by atoms with Crippen molar-refractivity contribution >= 4 is 17.6 Å². The molecule has 0 aliphatic rings. The van der Waals surface area contributed by atoms with E-state index in [0.717, 1.165) is 0 Å². The van der Waals surface area contributed by atoms with Crippen LogP contribution in [0.25, 0.3) is 0 Å². The average molecular weight is 289 g/mol. The Kier molecular flexibility index (Phi) is 6.28. The SMILES string of the molecule is N#C/C(=C/NCCCC(=O)O)C(=O)Nc1ccccc1O. The lowest BCUT2D eigenvalue weighted by Crippen LogP contribution is -2.17. The van der Waals surface area contributed by atoms with E-state index in [9.17, 15) is 14.7 Å². The number of carbonyl (C=O) groups excluding carboxylic acids is 1. The van der Waals surface area contributed by atoms with Crippen LogP contribution in [0.3, 0.4) is 0 Å². The number of carboxylic acid groups (broad SMARTS) is 1. The molecule has 0 aliphatic carbocycles. The lowest BCUT2D eigenvalue weighted by atomic mass is 10.2. The zero-order valence-electron chi connectivity index (χ0n) is 11.2. The number of phenols is 1. The van der Waals surface area contributed by atoms with Gasteiger partial charge < -0.3 is 20.8 Å². The van der Waals surface area contributed by atoms with Gasteiger partial charge in [-0.15, -0.1) is 0 Å². The van der Waals surface area contributed by atoms with Crippen molar-refractivity contribution in [2.75, 3.05) is 11.9 Å². The number of hydrogen-bond donors (Lipinski definition) is 4. The fourth-order valence-corrected chi connectivity index (χ4v) is 1.43. The first-order chi connectivity index (χ1) is 10.0. The maximum atomic E-state index is 11.8. The second kappa shape index (κ2) is 8.22. The van der Waals surface area contributed by atoms with Gasteiger partial charge in [-0.3, -0.25) is 9.59 Å². The van der Waals surface area contributed by atoms with E-state index in [1.807, 2.05) is 0 Å². The molecule has 0 bridgehead atoms. The van der Waals surface area contributed by atoms with Crippen molar-refractivity contribution in [1.82, 2.24) is 5.32 Å². The van der Waals surface area contributed by atoms with E-state index in [4.69, 9.17) is 10.4 Å². The van der Waals surface area contributed by atoms with Gasteiger partial charge in [0.25, 0.3) is 5.91 Å². The second-order valence-corrected chi connectivity index (χ2v) is 4.09. The summed E-state index contributed by atoms with van der Waals surface area (Å²) in [6.45, 7) is 0.335. The Bertz CT molecular complexity index is 590. The van der Waals surface area contributed by atoms with Gasteiger partial charge in [0.05, 0.1) is 5.69 Å². The molecule has 0 aliphatic heterocycles. The zero-order chi connectivity index (χ0) is 15.7. The van der Waals surface area contributed by atoms with Crippen molar-refractivity contribution in [3.63, 3.8) is 0 Å². The van der Waals surface area contributed by atoms with E-state index in [-0.39, 0.29) is 23.4 Å². The van der Waals surface area contributed by atoms with Gasteiger partial charge in [-0.05, 0) is 18.6 Å². The molecule has 7 heteroatoms. The molecule has 7 nitrogen and oxygen atoms in total. The van der Waals surface area contributed by atoms with Crippen LogP contribution >= 0.6 is 0 Å². The summed E-state index contributed by atoms with van der Waals surface area (Å²) in [5, 5.41) is 32.0. The standard InChI is InChI=1S/C14H15N3O4/c15-8-10(9-16-7-3-6-13(19)20)14(21)17-11-4-1-2-5-12(11)18/h1-2,4-5,9,16,18H,3,6-7H2,(H,17,21)(H,19,20)/b10-9-. The molecule has 0 atom stereocenters. The van der Waals surface area contributed by atoms with Crippen LogP contribution in [-0.4, -0.2) is 28.6 Å². The summed E-state index contributed by atoms with van der Waals surface area (Å²) in [4.78, 5) is 22.1. The van der Waals surface area contributed by atoms with Crippen LogP contribution < -0.4 is 10.6 Å². The molecule has 0 fully saturated rings. The second-order valence-electron chi connectivity index (χ2n) is 4.09. The number of para-hydroxylation sites is 2. The summed E-state index contributed by atoms with van der Waals surface area (Å²) in [5.74, 6) is -1.67. The van der Waals surface area contributed by atoms with Gasteiger partial charge >= 0.3 is 5.97 Å². The van der Waals surface area contributed by atoms with E-state index in [1.54, 1.807) is 18.2 Å². The molecule has 110 valence electrons. The van der Waals surface area contributed by atoms with Crippen molar-refractivity contribution in [2.45, 2.75) is 12.8 Å². The van der Waals surface area contributed by atoms with Crippen LogP contribution in [0, 0.1) is 11.3 Å². The quantitative estimate of drug-likeness (QED) is 0.259. The molecule has 0 heterocycles. The molecule has 1 aromatic carbocycles. The topological polar surface area (TPSA) is 122 Å². The summed E-state index contributed by atoms with van der Waals surface area (Å²) >= 11 is 0. The number of aromatic hydroxyl groups is 1. The monoisotopic (exact) mass is 289 g/mol. The molecule has 0 radical (unpaired) electrons. The number of carboxylic acids is 1. The minimum atomic E-state index is -0.904. The molecule has 0 spiro atoms. The third-order valence-corrected chi connectivity index (χ3v) is 2.48. The Morgan fingerprint density at radius 3 is 2.67 bits per heavy atom. The van der Waals surface area contributed by atoms with E-state index >= 15 is 0 Å². The summed E-state index contributed by atoms with van der Waals surface area (Å²) in [7, 11) is 0. The fourth-order valence-electron chi connectivity index (χ4n) is 1.43. The lowest BCUT2D eigenvalue weighted by molar-refractivity contribution is -0.137. The Labute approximate surface area is 121 Å². The summed E-state index contributed by atoms with van der Waals surface area (Å²) in [5.41, 5.74) is 0.0307. The van der Waals surface area contributed by atoms with Crippen LogP contribution in [0.4, 0.5) is 5.69 Å². The molecule has 1 amide bonds. The van der Waals surface area contributed by atoms with E-state index < -0.39 is 11.9 Å². The number of nitrogens with one attached hydrogen (secondary N) is 2. The third kappa shape index (κ3) is 5.65. The molecule has 0 saturated heterocycles. The number of benzene rings is 1. The highest BCUT2D eigenvalue weighted by Gasteiger charge is 2.10. The van der Waals surface area contributed by atoms with Crippen molar-refractivity contribution in [3.05, 3.63) is 36.0 Å². The Morgan fingerprint density at radius 1 is 1.33 bits per heavy atom. The Balaban J connectivity index is 2.55. The van der Waals surface area contributed by atoms with Crippen molar-refractivity contribution in [1.29, 1.82) is 5.26 Å². The van der Waals surface area contributed by atoms with Gasteiger partial charge in [0.15, 0.2) is 0 Å². The first kappa shape index (κ1) is 16.0. The Hall–Kier alpha value is -3.01. The minimum Gasteiger partial charge on any atom is -0.506 e. The van der Waals surface area contributed by atoms with Crippen LogP contribution in [0.2, 0.25) is 0 Å². The summed E-state index contributed by atoms with van der Waals surface area (Å²) in [6, 6.07) is 7.89. The molecule has 1 rings (SSSR count). The van der Waals surface area contributed by atoms with E-state index in [1.165, 1.54) is 18.3 Å². The van der Waals surface area contributed by atoms with E-state index in [2.05, 4.69) is 10.6 Å². The molecule has 1 aromatic rings. The predicted molar refractivity (Wildman–Crippen MR) is 75.3 cm³/mol. The number of rotatable bonds is 7. The number of hydrogen-bond acceptors (Lipinski definition) is 5. The number of anilines is 1. The number of carbonyl (C=O) groups is 2. The molecule has 21 heavy (non-hydrogen) atoms. The minimum absolute atomic E-state index is 0.00676. The predicted octanol–water partition coefficient (Wildman–Crippen LogP) is 1.19. The zero-order valence-corrected chi connectivity index (χ0v) is 11.2. The van der Waals surface area contributed by atoms with Crippen LogP contribution in [0.5, 0.6) is 5.75 Å². The maximum Gasteiger partial charge on any atom is 0.303 e. The summed E-state index contributed by atoms with van der Waals surface area (Å²) in [6.07, 6.45) is 1.61. The average Bonchev–Trinajstić information content (AvgIpc) is 2.45. The number of phenolic OH excluding ortho intramolecular Hbond substituents is 1. The third-order valence-electron chi connectivity index (χ3n) is 2.48. The number of aliphatic carboxylic acids is 1. The fraction of sp³-hybridized carbons (Fsp3) is 0.214. The van der Waals surface area contributed by atoms with Crippen molar-refractivity contribution < 1.29 is 19.8 Å². The highest BCUT2D eigenvalue weighted by molar-refractivity contribution is 6.07. The van der Waals surface area contributed by atoms with Crippen molar-refractivity contribution in [2.24, 2.45) is 0 Å². The van der Waals surface area contributed by atoms with Gasteiger partial charge in [-0.25, -0.2) is 0 Å². The summed E-state index contributed by atoms with van der Waals surface area (Å²) < 4.78 is 0. The molecule has 0 aromatic heterocycles. The van der Waals surface area contributed by atoms with Crippen LogP contribution in [0.15, 0.2) is 36.0 Å². The smallest absolute Gasteiger partial charge is 0.303 e.